The predicted octanol–water partition coefficient (Wildman–Crippen LogP) is 3.26. The zero-order valence-electron chi connectivity index (χ0n) is 12.2. The highest BCUT2D eigenvalue weighted by atomic mass is 19.1. The van der Waals surface area contributed by atoms with Crippen LogP contribution in [0.2, 0.25) is 0 Å². The average Bonchev–Trinajstić information content (AvgIpc) is 2.69. The molecule has 106 valence electrons. The number of benzene rings is 1. The van der Waals surface area contributed by atoms with E-state index in [-0.39, 0.29) is 11.9 Å². The Bertz CT molecular complexity index is 442. The minimum absolute atomic E-state index is 0.0705. The SMILES string of the molecule is Cc1ccc(C(N)CCN2CCC(C)(C)C2)cc1F. The Labute approximate surface area is 115 Å². The molecule has 0 aliphatic carbocycles. The molecular weight excluding hydrogens is 239 g/mol. The van der Waals surface area contributed by atoms with Gasteiger partial charge in [0.2, 0.25) is 0 Å². The van der Waals surface area contributed by atoms with Gasteiger partial charge in [-0.05, 0) is 55.5 Å². The predicted molar refractivity (Wildman–Crippen MR) is 77.5 cm³/mol. The molecule has 1 unspecified atom stereocenters. The lowest BCUT2D eigenvalue weighted by molar-refractivity contribution is 0.281. The van der Waals surface area contributed by atoms with Crippen molar-refractivity contribution in [1.29, 1.82) is 0 Å². The van der Waals surface area contributed by atoms with Gasteiger partial charge in [-0.2, -0.15) is 0 Å². The third-order valence-electron chi connectivity index (χ3n) is 4.14. The van der Waals surface area contributed by atoms with Gasteiger partial charge in [0.25, 0.3) is 0 Å². The molecular formula is C16H25FN2. The summed E-state index contributed by atoms with van der Waals surface area (Å²) in [6.07, 6.45) is 2.14. The first kappa shape index (κ1) is 14.5. The van der Waals surface area contributed by atoms with Gasteiger partial charge in [-0.25, -0.2) is 4.39 Å². The number of nitrogens with zero attached hydrogens (tertiary/aromatic N) is 1. The highest BCUT2D eigenvalue weighted by Crippen LogP contribution is 2.29. The number of nitrogens with two attached hydrogens (primary N) is 1. The third-order valence-corrected chi connectivity index (χ3v) is 4.14. The van der Waals surface area contributed by atoms with Crippen LogP contribution in [0.4, 0.5) is 4.39 Å². The van der Waals surface area contributed by atoms with Crippen molar-refractivity contribution < 1.29 is 4.39 Å². The van der Waals surface area contributed by atoms with E-state index in [9.17, 15) is 4.39 Å². The van der Waals surface area contributed by atoms with Gasteiger partial charge < -0.3 is 10.6 Å². The maximum Gasteiger partial charge on any atom is 0.126 e. The van der Waals surface area contributed by atoms with Crippen LogP contribution in [0.15, 0.2) is 18.2 Å². The summed E-state index contributed by atoms with van der Waals surface area (Å²) in [5, 5.41) is 0. The maximum absolute atomic E-state index is 13.5. The van der Waals surface area contributed by atoms with Crippen LogP contribution in [-0.4, -0.2) is 24.5 Å². The molecule has 1 saturated heterocycles. The molecule has 0 saturated carbocycles. The summed E-state index contributed by atoms with van der Waals surface area (Å²) >= 11 is 0. The van der Waals surface area contributed by atoms with Gasteiger partial charge in [-0.1, -0.05) is 26.0 Å². The third kappa shape index (κ3) is 3.77. The van der Waals surface area contributed by atoms with Crippen molar-refractivity contribution in [2.45, 2.75) is 39.7 Å². The number of rotatable bonds is 4. The second kappa shape index (κ2) is 5.59. The van der Waals surface area contributed by atoms with Gasteiger partial charge >= 0.3 is 0 Å². The zero-order valence-corrected chi connectivity index (χ0v) is 12.2. The van der Waals surface area contributed by atoms with Crippen molar-refractivity contribution in [3.05, 3.63) is 35.1 Å². The Hall–Kier alpha value is -0.930. The second-order valence-electron chi connectivity index (χ2n) is 6.59. The van der Waals surface area contributed by atoms with E-state index in [2.05, 4.69) is 18.7 Å². The molecule has 19 heavy (non-hydrogen) atoms. The smallest absolute Gasteiger partial charge is 0.126 e. The fourth-order valence-corrected chi connectivity index (χ4v) is 2.74. The van der Waals surface area contributed by atoms with Gasteiger partial charge in [-0.3, -0.25) is 0 Å². The van der Waals surface area contributed by atoms with Crippen molar-refractivity contribution in [2.24, 2.45) is 11.1 Å². The summed E-state index contributed by atoms with van der Waals surface area (Å²) in [6.45, 7) is 9.69. The molecule has 0 aromatic heterocycles. The largest absolute Gasteiger partial charge is 0.324 e. The summed E-state index contributed by atoms with van der Waals surface area (Å²) in [4.78, 5) is 2.46. The highest BCUT2D eigenvalue weighted by Gasteiger charge is 2.28. The van der Waals surface area contributed by atoms with Crippen LogP contribution in [0.25, 0.3) is 0 Å². The van der Waals surface area contributed by atoms with Crippen LogP contribution in [0.1, 0.15) is 43.9 Å². The zero-order chi connectivity index (χ0) is 14.0. The standard InChI is InChI=1S/C16H25FN2/c1-12-4-5-13(10-14(12)17)15(18)6-8-19-9-7-16(2,3)11-19/h4-5,10,15H,6-9,11,18H2,1-3H3. The lowest BCUT2D eigenvalue weighted by Gasteiger charge is -2.21. The first-order valence-corrected chi connectivity index (χ1v) is 7.11. The average molecular weight is 264 g/mol. The van der Waals surface area contributed by atoms with Crippen LogP contribution < -0.4 is 5.73 Å². The molecule has 1 heterocycles. The first-order valence-electron chi connectivity index (χ1n) is 7.11. The van der Waals surface area contributed by atoms with E-state index in [4.69, 9.17) is 5.73 Å². The Morgan fingerprint density at radius 1 is 1.42 bits per heavy atom. The number of hydrogen-bond donors (Lipinski definition) is 1. The van der Waals surface area contributed by atoms with Gasteiger partial charge in [0.05, 0.1) is 0 Å². The first-order chi connectivity index (χ1) is 8.87. The quantitative estimate of drug-likeness (QED) is 0.904. The molecule has 1 fully saturated rings. The maximum atomic E-state index is 13.5. The van der Waals surface area contributed by atoms with Gasteiger partial charge in [-0.15, -0.1) is 0 Å². The molecule has 0 radical (unpaired) electrons. The van der Waals surface area contributed by atoms with Crippen molar-refractivity contribution in [1.82, 2.24) is 4.90 Å². The molecule has 2 nitrogen and oxygen atoms in total. The van der Waals surface area contributed by atoms with Crippen molar-refractivity contribution >= 4 is 0 Å². The minimum atomic E-state index is -0.157. The van der Waals surface area contributed by atoms with E-state index < -0.39 is 0 Å². The number of likely N-dealkylation sites (tertiary alicyclic amines) is 1. The molecule has 0 spiro atoms. The molecule has 0 amide bonds. The Morgan fingerprint density at radius 3 is 2.74 bits per heavy atom. The van der Waals surface area contributed by atoms with Gasteiger partial charge in [0.15, 0.2) is 0 Å². The lowest BCUT2D eigenvalue weighted by Crippen LogP contribution is -2.27. The van der Waals surface area contributed by atoms with Crippen molar-refractivity contribution in [2.75, 3.05) is 19.6 Å². The molecule has 1 aromatic rings. The van der Waals surface area contributed by atoms with E-state index in [0.717, 1.165) is 31.6 Å². The van der Waals surface area contributed by atoms with Crippen LogP contribution in [0.5, 0.6) is 0 Å². The molecule has 1 aliphatic heterocycles. The van der Waals surface area contributed by atoms with E-state index >= 15 is 0 Å². The van der Waals surface area contributed by atoms with E-state index in [1.54, 1.807) is 13.0 Å². The fraction of sp³-hybridized carbons (Fsp3) is 0.625. The van der Waals surface area contributed by atoms with E-state index in [0.29, 0.717) is 11.0 Å². The summed E-state index contributed by atoms with van der Waals surface area (Å²) in [7, 11) is 0. The van der Waals surface area contributed by atoms with Gasteiger partial charge in [0.1, 0.15) is 5.82 Å². The van der Waals surface area contributed by atoms with Crippen molar-refractivity contribution in [3.63, 3.8) is 0 Å². The summed E-state index contributed by atoms with van der Waals surface area (Å²) in [5.74, 6) is -0.157. The summed E-state index contributed by atoms with van der Waals surface area (Å²) in [5.41, 5.74) is 8.18. The molecule has 2 N–H and O–H groups in total. The highest BCUT2D eigenvalue weighted by molar-refractivity contribution is 5.25. The molecule has 1 aromatic carbocycles. The molecule has 3 heteroatoms. The molecule has 2 rings (SSSR count). The Balaban J connectivity index is 1.87. The molecule has 0 bridgehead atoms. The number of aryl methyl sites for hydroxylation is 1. The van der Waals surface area contributed by atoms with Gasteiger partial charge in [0, 0.05) is 12.6 Å². The van der Waals surface area contributed by atoms with Crippen LogP contribution in [0, 0.1) is 18.2 Å². The summed E-state index contributed by atoms with van der Waals surface area (Å²) in [6, 6.07) is 5.26. The van der Waals surface area contributed by atoms with E-state index in [1.807, 2.05) is 12.1 Å². The fourth-order valence-electron chi connectivity index (χ4n) is 2.74. The molecule has 1 aliphatic rings. The number of halogens is 1. The number of hydrogen-bond acceptors (Lipinski definition) is 2. The minimum Gasteiger partial charge on any atom is -0.324 e. The van der Waals surface area contributed by atoms with Crippen LogP contribution in [0.3, 0.4) is 0 Å². The van der Waals surface area contributed by atoms with Crippen molar-refractivity contribution in [3.8, 4) is 0 Å². The normalized spacial score (nSPS) is 20.7. The monoisotopic (exact) mass is 264 g/mol. The lowest BCUT2D eigenvalue weighted by atomic mass is 9.93. The Morgan fingerprint density at radius 2 is 2.16 bits per heavy atom. The van der Waals surface area contributed by atoms with E-state index in [1.165, 1.54) is 6.42 Å². The second-order valence-corrected chi connectivity index (χ2v) is 6.59. The van der Waals surface area contributed by atoms with Crippen LogP contribution >= 0.6 is 0 Å². The Kier molecular flexibility index (Phi) is 4.26. The summed E-state index contributed by atoms with van der Waals surface area (Å²) < 4.78 is 13.5. The van der Waals surface area contributed by atoms with Crippen LogP contribution in [-0.2, 0) is 0 Å². The molecule has 1 atom stereocenters. The topological polar surface area (TPSA) is 29.3 Å².